The first-order valence-corrected chi connectivity index (χ1v) is 4.76. The summed E-state index contributed by atoms with van der Waals surface area (Å²) in [4.78, 5) is 13.9. The summed E-state index contributed by atoms with van der Waals surface area (Å²) in [7, 11) is 0. The Bertz CT molecular complexity index is 502. The molecular weight excluding hydrogens is 192 g/mol. The van der Waals surface area contributed by atoms with Crippen LogP contribution < -0.4 is 10.5 Å². The minimum absolute atomic E-state index is 0.400. The van der Waals surface area contributed by atoms with Gasteiger partial charge in [0.1, 0.15) is 11.4 Å². The summed E-state index contributed by atoms with van der Waals surface area (Å²) < 4.78 is 5.44. The highest BCUT2D eigenvalue weighted by atomic mass is 16.5. The van der Waals surface area contributed by atoms with Crippen LogP contribution in [0.4, 0.5) is 0 Å². The summed E-state index contributed by atoms with van der Waals surface area (Å²) in [5.41, 5.74) is 6.45. The van der Waals surface area contributed by atoms with Crippen LogP contribution in [0.3, 0.4) is 0 Å². The van der Waals surface area contributed by atoms with Crippen LogP contribution in [-0.4, -0.2) is 17.5 Å². The van der Waals surface area contributed by atoms with Crippen LogP contribution in [0.25, 0.3) is 10.9 Å². The molecule has 78 valence electrons. The molecule has 0 aliphatic heterocycles. The molecule has 0 unspecified atom stereocenters. The molecule has 1 aromatic carbocycles. The van der Waals surface area contributed by atoms with E-state index in [9.17, 15) is 4.79 Å². The molecule has 2 aromatic rings. The zero-order valence-corrected chi connectivity index (χ0v) is 8.41. The molecule has 4 nitrogen and oxygen atoms in total. The summed E-state index contributed by atoms with van der Waals surface area (Å²) in [5, 5.41) is 0.883. The van der Waals surface area contributed by atoms with Gasteiger partial charge in [-0.25, -0.2) is 0 Å². The van der Waals surface area contributed by atoms with Crippen LogP contribution in [0.1, 0.15) is 17.4 Å². The number of carbonyl (C=O) groups is 1. The third kappa shape index (κ3) is 1.66. The molecule has 0 saturated carbocycles. The molecule has 0 atom stereocenters. The Morgan fingerprint density at radius 2 is 2.33 bits per heavy atom. The number of carbonyl (C=O) groups excluding carboxylic acids is 1. The molecule has 1 aromatic heterocycles. The Labute approximate surface area is 87.0 Å². The van der Waals surface area contributed by atoms with Crippen molar-refractivity contribution in [3.05, 3.63) is 30.0 Å². The normalized spacial score (nSPS) is 10.5. The van der Waals surface area contributed by atoms with E-state index in [0.29, 0.717) is 12.3 Å². The fourth-order valence-corrected chi connectivity index (χ4v) is 1.54. The maximum atomic E-state index is 11.0. The third-order valence-corrected chi connectivity index (χ3v) is 2.19. The molecule has 0 bridgehead atoms. The van der Waals surface area contributed by atoms with Gasteiger partial charge in [0.15, 0.2) is 0 Å². The number of ether oxygens (including phenoxy) is 1. The molecule has 0 spiro atoms. The minimum Gasteiger partial charge on any atom is -0.493 e. The monoisotopic (exact) mass is 204 g/mol. The van der Waals surface area contributed by atoms with Crippen LogP contribution >= 0.6 is 0 Å². The van der Waals surface area contributed by atoms with Gasteiger partial charge >= 0.3 is 0 Å². The summed E-state index contributed by atoms with van der Waals surface area (Å²) in [5.74, 6) is 0.299. The van der Waals surface area contributed by atoms with Crippen LogP contribution in [0.15, 0.2) is 24.3 Å². The van der Waals surface area contributed by atoms with Gasteiger partial charge in [-0.05, 0) is 25.1 Å². The van der Waals surface area contributed by atoms with Crippen LogP contribution in [-0.2, 0) is 0 Å². The molecule has 0 aliphatic carbocycles. The molecule has 3 N–H and O–H groups in total. The van der Waals surface area contributed by atoms with Crippen LogP contribution in [0.2, 0.25) is 0 Å². The average molecular weight is 204 g/mol. The number of nitrogens with two attached hydrogens (primary N) is 1. The van der Waals surface area contributed by atoms with Crippen molar-refractivity contribution in [1.29, 1.82) is 0 Å². The highest BCUT2D eigenvalue weighted by Gasteiger charge is 2.08. The Kier molecular flexibility index (Phi) is 2.33. The lowest BCUT2D eigenvalue weighted by molar-refractivity contribution is 0.0996. The zero-order valence-electron chi connectivity index (χ0n) is 8.41. The second kappa shape index (κ2) is 3.65. The van der Waals surface area contributed by atoms with Gasteiger partial charge < -0.3 is 15.5 Å². The van der Waals surface area contributed by atoms with Crippen molar-refractivity contribution in [1.82, 2.24) is 4.98 Å². The number of nitrogens with one attached hydrogen (secondary N) is 1. The molecule has 4 heteroatoms. The number of fused-ring (bicyclic) bond motifs is 1. The minimum atomic E-state index is -0.464. The number of H-pyrrole nitrogens is 1. The quantitative estimate of drug-likeness (QED) is 0.798. The van der Waals surface area contributed by atoms with E-state index >= 15 is 0 Å². The Hall–Kier alpha value is -1.97. The Morgan fingerprint density at radius 3 is 3.00 bits per heavy atom. The van der Waals surface area contributed by atoms with Gasteiger partial charge in [-0.2, -0.15) is 0 Å². The number of aromatic nitrogens is 1. The van der Waals surface area contributed by atoms with Gasteiger partial charge in [0, 0.05) is 10.9 Å². The lowest BCUT2D eigenvalue weighted by Gasteiger charge is -2.02. The van der Waals surface area contributed by atoms with Crippen LogP contribution in [0.5, 0.6) is 5.75 Å². The topological polar surface area (TPSA) is 68.1 Å². The van der Waals surface area contributed by atoms with Gasteiger partial charge in [0.05, 0.1) is 6.61 Å². The van der Waals surface area contributed by atoms with Crippen molar-refractivity contribution in [3.8, 4) is 5.75 Å². The van der Waals surface area contributed by atoms with E-state index in [2.05, 4.69) is 4.98 Å². The average Bonchev–Trinajstić information content (AvgIpc) is 2.63. The van der Waals surface area contributed by atoms with Crippen molar-refractivity contribution in [2.24, 2.45) is 5.73 Å². The predicted octanol–water partition coefficient (Wildman–Crippen LogP) is 1.67. The van der Waals surface area contributed by atoms with E-state index in [1.54, 1.807) is 6.07 Å². The fraction of sp³-hybridized carbons (Fsp3) is 0.182. The number of amides is 1. The lowest BCUT2D eigenvalue weighted by Crippen LogP contribution is -2.10. The second-order valence-electron chi connectivity index (χ2n) is 3.20. The maximum Gasteiger partial charge on any atom is 0.265 e. The largest absolute Gasteiger partial charge is 0.493 e. The molecule has 0 saturated heterocycles. The van der Waals surface area contributed by atoms with Crippen molar-refractivity contribution in [2.45, 2.75) is 6.92 Å². The van der Waals surface area contributed by atoms with E-state index in [1.165, 1.54) is 0 Å². The van der Waals surface area contributed by atoms with E-state index < -0.39 is 5.91 Å². The first-order valence-electron chi connectivity index (χ1n) is 4.76. The number of rotatable bonds is 3. The van der Waals surface area contributed by atoms with Gasteiger partial charge in [-0.1, -0.05) is 6.07 Å². The molecule has 2 rings (SSSR count). The summed E-state index contributed by atoms with van der Waals surface area (Å²) >= 11 is 0. The highest BCUT2D eigenvalue weighted by Crippen LogP contribution is 2.26. The predicted molar refractivity (Wildman–Crippen MR) is 58.0 cm³/mol. The summed E-state index contributed by atoms with van der Waals surface area (Å²) in [6.45, 7) is 2.51. The van der Waals surface area contributed by atoms with Gasteiger partial charge in [0.25, 0.3) is 5.91 Å². The standard InChI is InChI=1S/C11H12N2O2/c1-2-15-10-5-3-4-8-7(10)6-9(13-8)11(12)14/h3-6,13H,2H2,1H3,(H2,12,14). The number of hydrogen-bond acceptors (Lipinski definition) is 2. The fourth-order valence-electron chi connectivity index (χ4n) is 1.54. The number of primary amides is 1. The van der Waals surface area contributed by atoms with Gasteiger partial charge in [0.2, 0.25) is 0 Å². The summed E-state index contributed by atoms with van der Waals surface area (Å²) in [6.07, 6.45) is 0. The van der Waals surface area contributed by atoms with E-state index in [1.807, 2.05) is 25.1 Å². The molecular formula is C11H12N2O2. The van der Waals surface area contributed by atoms with E-state index in [-0.39, 0.29) is 0 Å². The van der Waals surface area contributed by atoms with Gasteiger partial charge in [-0.3, -0.25) is 4.79 Å². The maximum absolute atomic E-state index is 11.0. The molecule has 1 heterocycles. The number of benzene rings is 1. The summed E-state index contributed by atoms with van der Waals surface area (Å²) in [6, 6.07) is 7.33. The smallest absolute Gasteiger partial charge is 0.265 e. The molecule has 0 radical (unpaired) electrons. The van der Waals surface area contributed by atoms with E-state index in [4.69, 9.17) is 10.5 Å². The van der Waals surface area contributed by atoms with Crippen molar-refractivity contribution < 1.29 is 9.53 Å². The highest BCUT2D eigenvalue weighted by molar-refractivity contribution is 5.98. The zero-order chi connectivity index (χ0) is 10.8. The molecule has 15 heavy (non-hydrogen) atoms. The first-order chi connectivity index (χ1) is 7.22. The van der Waals surface area contributed by atoms with E-state index in [0.717, 1.165) is 16.7 Å². The Morgan fingerprint density at radius 1 is 1.53 bits per heavy atom. The number of aromatic amines is 1. The Balaban J connectivity index is 2.59. The third-order valence-electron chi connectivity index (χ3n) is 2.19. The lowest BCUT2D eigenvalue weighted by atomic mass is 10.2. The molecule has 0 aliphatic rings. The molecule has 1 amide bonds. The van der Waals surface area contributed by atoms with Crippen LogP contribution in [0, 0.1) is 0 Å². The SMILES string of the molecule is CCOc1cccc2[nH]c(C(N)=O)cc12. The molecule has 0 fully saturated rings. The van der Waals surface area contributed by atoms with Crippen molar-refractivity contribution in [2.75, 3.05) is 6.61 Å². The second-order valence-corrected chi connectivity index (χ2v) is 3.20. The van der Waals surface area contributed by atoms with Gasteiger partial charge in [-0.15, -0.1) is 0 Å². The number of hydrogen-bond donors (Lipinski definition) is 2. The van der Waals surface area contributed by atoms with Crippen molar-refractivity contribution in [3.63, 3.8) is 0 Å². The van der Waals surface area contributed by atoms with Crippen molar-refractivity contribution >= 4 is 16.8 Å². The first kappa shape index (κ1) is 9.58.